The van der Waals surface area contributed by atoms with Crippen LogP contribution in [0.3, 0.4) is 0 Å². The van der Waals surface area contributed by atoms with Crippen molar-refractivity contribution >= 4 is 11.9 Å². The van der Waals surface area contributed by atoms with E-state index in [4.69, 9.17) is 14.6 Å². The summed E-state index contributed by atoms with van der Waals surface area (Å²) in [7, 11) is 1.39. The molecule has 0 aromatic carbocycles. The van der Waals surface area contributed by atoms with Crippen LogP contribution in [-0.2, 0) is 19.1 Å². The number of carbonyl (C=O) groups is 2. The summed E-state index contributed by atoms with van der Waals surface area (Å²) in [5.74, 6) is -2.42. The van der Waals surface area contributed by atoms with Gasteiger partial charge < -0.3 is 14.6 Å². The molecule has 15 heavy (non-hydrogen) atoms. The van der Waals surface area contributed by atoms with Crippen LogP contribution in [0, 0.1) is 5.92 Å². The van der Waals surface area contributed by atoms with Crippen LogP contribution in [0.25, 0.3) is 0 Å². The Hall–Kier alpha value is -1.10. The molecule has 0 aromatic heterocycles. The molecule has 1 N–H and O–H groups in total. The molecule has 0 aliphatic rings. The molecule has 0 fully saturated rings. The summed E-state index contributed by atoms with van der Waals surface area (Å²) in [5, 5.41) is 8.76. The molecule has 0 saturated carbocycles. The third kappa shape index (κ3) is 6.90. The zero-order valence-electron chi connectivity index (χ0n) is 9.57. The van der Waals surface area contributed by atoms with Gasteiger partial charge in [-0.05, 0) is 20.8 Å². The highest BCUT2D eigenvalue weighted by Crippen LogP contribution is 2.12. The summed E-state index contributed by atoms with van der Waals surface area (Å²) in [6, 6.07) is 0. The number of carbonyl (C=O) groups excluding carboxylic acids is 1. The van der Waals surface area contributed by atoms with Crippen LogP contribution in [0.5, 0.6) is 0 Å². The van der Waals surface area contributed by atoms with Gasteiger partial charge in [-0.2, -0.15) is 0 Å². The van der Waals surface area contributed by atoms with Gasteiger partial charge in [0.25, 0.3) is 0 Å². The van der Waals surface area contributed by atoms with Gasteiger partial charge in [-0.25, -0.2) is 0 Å². The minimum Gasteiger partial charge on any atom is -0.481 e. The van der Waals surface area contributed by atoms with Crippen LogP contribution in [0.15, 0.2) is 0 Å². The van der Waals surface area contributed by atoms with E-state index < -0.39 is 23.5 Å². The van der Waals surface area contributed by atoms with Crippen LogP contribution in [0.2, 0.25) is 0 Å². The maximum atomic E-state index is 11.3. The zero-order chi connectivity index (χ0) is 12.1. The van der Waals surface area contributed by atoms with Crippen molar-refractivity contribution < 1.29 is 24.2 Å². The van der Waals surface area contributed by atoms with Gasteiger partial charge in [0.15, 0.2) is 0 Å². The van der Waals surface area contributed by atoms with Gasteiger partial charge in [-0.3, -0.25) is 9.59 Å². The summed E-state index contributed by atoms with van der Waals surface area (Å²) in [6.45, 7) is 5.21. The summed E-state index contributed by atoms with van der Waals surface area (Å²) < 4.78 is 9.71. The van der Waals surface area contributed by atoms with Crippen LogP contribution in [-0.4, -0.2) is 36.4 Å². The molecular formula is C10H18O5. The van der Waals surface area contributed by atoms with Gasteiger partial charge in [-0.1, -0.05) is 0 Å². The first kappa shape index (κ1) is 13.9. The molecule has 0 bridgehead atoms. The molecule has 5 nitrogen and oxygen atoms in total. The minimum absolute atomic E-state index is 0.00851. The smallest absolute Gasteiger partial charge is 0.309 e. The number of aliphatic carboxylic acids is 1. The van der Waals surface area contributed by atoms with Crippen LogP contribution in [0.4, 0.5) is 0 Å². The molecule has 1 atom stereocenters. The van der Waals surface area contributed by atoms with Crippen molar-refractivity contribution in [2.45, 2.75) is 32.8 Å². The molecule has 5 heteroatoms. The Kier molecular flexibility index (Phi) is 5.28. The lowest BCUT2D eigenvalue weighted by atomic mass is 10.1. The second-order valence-electron chi connectivity index (χ2n) is 4.28. The van der Waals surface area contributed by atoms with Gasteiger partial charge >= 0.3 is 11.9 Å². The first-order valence-corrected chi connectivity index (χ1v) is 4.70. The lowest BCUT2D eigenvalue weighted by molar-refractivity contribution is -0.160. The van der Waals surface area contributed by atoms with Gasteiger partial charge in [0.05, 0.1) is 18.9 Å². The van der Waals surface area contributed by atoms with Crippen LogP contribution < -0.4 is 0 Å². The van der Waals surface area contributed by atoms with E-state index in [1.54, 1.807) is 20.8 Å². The standard InChI is InChI=1S/C10H18O5/c1-10(2,3)15-8(11)5-7(6-14-4)9(12)13/h7H,5-6H2,1-4H3,(H,12,13)/t7-/m1/s1. The Morgan fingerprint density at radius 3 is 2.20 bits per heavy atom. The van der Waals surface area contributed by atoms with Gasteiger partial charge in [0.1, 0.15) is 5.60 Å². The number of ether oxygens (including phenoxy) is 2. The Morgan fingerprint density at radius 2 is 1.87 bits per heavy atom. The normalized spacial score (nSPS) is 13.3. The van der Waals surface area contributed by atoms with Crippen LogP contribution in [0.1, 0.15) is 27.2 Å². The van der Waals surface area contributed by atoms with E-state index in [0.29, 0.717) is 0 Å². The number of esters is 1. The second kappa shape index (κ2) is 5.70. The van der Waals surface area contributed by atoms with Crippen LogP contribution >= 0.6 is 0 Å². The average molecular weight is 218 g/mol. The molecule has 0 aromatic rings. The second-order valence-corrected chi connectivity index (χ2v) is 4.28. The maximum Gasteiger partial charge on any atom is 0.309 e. The summed E-state index contributed by atoms with van der Waals surface area (Å²) >= 11 is 0. The fourth-order valence-electron chi connectivity index (χ4n) is 1.00. The van der Waals surface area contributed by atoms with E-state index in [9.17, 15) is 9.59 Å². The SMILES string of the molecule is COC[C@@H](CC(=O)OC(C)(C)C)C(=O)O. The molecule has 0 rings (SSSR count). The molecule has 0 unspecified atom stereocenters. The van der Waals surface area contributed by atoms with E-state index in [2.05, 4.69) is 0 Å². The first-order valence-electron chi connectivity index (χ1n) is 4.70. The maximum absolute atomic E-state index is 11.3. The Morgan fingerprint density at radius 1 is 1.33 bits per heavy atom. The number of hydrogen-bond acceptors (Lipinski definition) is 4. The number of carboxylic acids is 1. The predicted molar refractivity (Wildman–Crippen MR) is 53.5 cm³/mol. The quantitative estimate of drug-likeness (QED) is 0.698. The number of methoxy groups -OCH3 is 1. The number of carboxylic acid groups (broad SMARTS) is 1. The Balaban J connectivity index is 4.18. The van der Waals surface area contributed by atoms with Crippen molar-refractivity contribution in [1.29, 1.82) is 0 Å². The first-order chi connectivity index (χ1) is 6.76. The average Bonchev–Trinajstić information content (AvgIpc) is 1.99. The van der Waals surface area contributed by atoms with Crippen molar-refractivity contribution in [2.24, 2.45) is 5.92 Å². The lowest BCUT2D eigenvalue weighted by Gasteiger charge is -2.20. The van der Waals surface area contributed by atoms with E-state index in [1.807, 2.05) is 0 Å². The van der Waals surface area contributed by atoms with Crippen molar-refractivity contribution in [2.75, 3.05) is 13.7 Å². The Labute approximate surface area is 89.4 Å². The van der Waals surface area contributed by atoms with Gasteiger partial charge in [0, 0.05) is 7.11 Å². The molecule has 0 amide bonds. The molecule has 0 aliphatic carbocycles. The van der Waals surface area contributed by atoms with Crippen molar-refractivity contribution in [3.05, 3.63) is 0 Å². The highest BCUT2D eigenvalue weighted by Gasteiger charge is 2.24. The highest BCUT2D eigenvalue weighted by atomic mass is 16.6. The van der Waals surface area contributed by atoms with E-state index in [-0.39, 0.29) is 13.0 Å². The fourth-order valence-corrected chi connectivity index (χ4v) is 1.00. The third-order valence-electron chi connectivity index (χ3n) is 1.55. The molecule has 0 aliphatic heterocycles. The molecule has 88 valence electrons. The molecular weight excluding hydrogens is 200 g/mol. The predicted octanol–water partition coefficient (Wildman–Crippen LogP) is 1.07. The van der Waals surface area contributed by atoms with Crippen molar-refractivity contribution in [1.82, 2.24) is 0 Å². The number of rotatable bonds is 5. The third-order valence-corrected chi connectivity index (χ3v) is 1.55. The Bertz CT molecular complexity index is 228. The topological polar surface area (TPSA) is 72.8 Å². The van der Waals surface area contributed by atoms with E-state index >= 15 is 0 Å². The zero-order valence-corrected chi connectivity index (χ0v) is 9.57. The summed E-state index contributed by atoms with van der Waals surface area (Å²) in [6.07, 6.45) is -0.166. The monoisotopic (exact) mass is 218 g/mol. The molecule has 0 heterocycles. The van der Waals surface area contributed by atoms with Crippen molar-refractivity contribution in [3.8, 4) is 0 Å². The molecule has 0 saturated heterocycles. The van der Waals surface area contributed by atoms with E-state index in [1.165, 1.54) is 7.11 Å². The fraction of sp³-hybridized carbons (Fsp3) is 0.800. The van der Waals surface area contributed by atoms with E-state index in [0.717, 1.165) is 0 Å². The molecule has 0 radical (unpaired) electrons. The lowest BCUT2D eigenvalue weighted by Crippen LogP contribution is -2.28. The van der Waals surface area contributed by atoms with Gasteiger partial charge in [0.2, 0.25) is 0 Å². The molecule has 0 spiro atoms. The van der Waals surface area contributed by atoms with Gasteiger partial charge in [-0.15, -0.1) is 0 Å². The largest absolute Gasteiger partial charge is 0.481 e. The summed E-state index contributed by atoms with van der Waals surface area (Å²) in [5.41, 5.74) is -0.590. The highest BCUT2D eigenvalue weighted by molar-refractivity contribution is 5.79. The summed E-state index contributed by atoms with van der Waals surface area (Å²) in [4.78, 5) is 22.0. The number of hydrogen-bond donors (Lipinski definition) is 1. The minimum atomic E-state index is -1.05. The van der Waals surface area contributed by atoms with Crippen molar-refractivity contribution in [3.63, 3.8) is 0 Å².